The molecule has 1 amide bonds. The van der Waals surface area contributed by atoms with Crippen LogP contribution in [-0.4, -0.2) is 16.7 Å². The number of benzene rings is 1. The number of amides is 1. The third-order valence-corrected chi connectivity index (χ3v) is 2.93. The highest BCUT2D eigenvalue weighted by Crippen LogP contribution is 2.18. The second-order valence-corrected chi connectivity index (χ2v) is 4.56. The third kappa shape index (κ3) is 3.13. The lowest BCUT2D eigenvalue weighted by Crippen LogP contribution is -2.13. The molecule has 5 nitrogen and oxygen atoms in total. The highest BCUT2D eigenvalue weighted by atomic mass is 35.5. The lowest BCUT2D eigenvalue weighted by Gasteiger charge is -2.08. The topological polar surface area (TPSA) is 85.1 Å². The molecule has 0 bridgehead atoms. The lowest BCUT2D eigenvalue weighted by atomic mass is 10.1. The van der Waals surface area contributed by atoms with Crippen LogP contribution in [0.4, 0.5) is 11.4 Å². The fourth-order valence-electron chi connectivity index (χ4n) is 1.64. The first-order valence-electron chi connectivity index (χ1n) is 5.81. The lowest BCUT2D eigenvalue weighted by molar-refractivity contribution is 0.101. The molecule has 102 valence electrons. The van der Waals surface area contributed by atoms with Gasteiger partial charge in [0.25, 0.3) is 5.91 Å². The summed E-state index contributed by atoms with van der Waals surface area (Å²) in [4.78, 5) is 27.2. The van der Waals surface area contributed by atoms with Crippen molar-refractivity contribution in [3.8, 4) is 0 Å². The van der Waals surface area contributed by atoms with Gasteiger partial charge in [-0.15, -0.1) is 0 Å². The molecule has 0 fully saturated rings. The predicted octanol–water partition coefficient (Wildman–Crippen LogP) is 2.77. The maximum Gasteiger partial charge on any atom is 0.258 e. The minimum absolute atomic E-state index is 0.0689. The molecule has 2 rings (SSSR count). The number of pyridine rings is 1. The quantitative estimate of drug-likeness (QED) is 0.672. The van der Waals surface area contributed by atoms with Gasteiger partial charge in [-0.05, 0) is 25.1 Å². The summed E-state index contributed by atoms with van der Waals surface area (Å²) in [5.74, 6) is -0.514. The standard InChI is InChI=1S/C14H12ClN3O2/c1-8(19)9-3-2-4-11(5-9)18-14(20)12-6-10(16)7-17-13(12)15/h2-7H,16H2,1H3,(H,18,20). The molecule has 1 aromatic carbocycles. The number of rotatable bonds is 3. The van der Waals surface area contributed by atoms with Crippen LogP contribution >= 0.6 is 11.6 Å². The number of nitrogen functional groups attached to an aromatic ring is 1. The number of nitrogens with one attached hydrogen (secondary N) is 1. The van der Waals surface area contributed by atoms with Crippen LogP contribution in [-0.2, 0) is 0 Å². The summed E-state index contributed by atoms with van der Waals surface area (Å²) in [5.41, 5.74) is 7.12. The number of anilines is 2. The van der Waals surface area contributed by atoms with Crippen LogP contribution in [0.5, 0.6) is 0 Å². The van der Waals surface area contributed by atoms with Crippen molar-refractivity contribution >= 4 is 34.7 Å². The number of hydrogen-bond acceptors (Lipinski definition) is 4. The van der Waals surface area contributed by atoms with Crippen LogP contribution in [0.2, 0.25) is 5.15 Å². The molecule has 2 aromatic rings. The van der Waals surface area contributed by atoms with Crippen molar-refractivity contribution in [1.82, 2.24) is 4.98 Å². The molecule has 6 heteroatoms. The third-order valence-electron chi connectivity index (χ3n) is 2.63. The smallest absolute Gasteiger partial charge is 0.258 e. The van der Waals surface area contributed by atoms with Gasteiger partial charge in [0, 0.05) is 11.3 Å². The van der Waals surface area contributed by atoms with Crippen LogP contribution in [0.15, 0.2) is 36.5 Å². The van der Waals surface area contributed by atoms with Crippen LogP contribution in [0.25, 0.3) is 0 Å². The second-order valence-electron chi connectivity index (χ2n) is 4.20. The van der Waals surface area contributed by atoms with Crippen molar-refractivity contribution in [3.05, 3.63) is 52.8 Å². The molecule has 0 unspecified atom stereocenters. The fraction of sp³-hybridized carbons (Fsp3) is 0.0714. The molecule has 0 radical (unpaired) electrons. The molecule has 1 heterocycles. The first-order chi connectivity index (χ1) is 9.47. The van der Waals surface area contributed by atoms with E-state index in [4.69, 9.17) is 17.3 Å². The minimum Gasteiger partial charge on any atom is -0.397 e. The van der Waals surface area contributed by atoms with E-state index >= 15 is 0 Å². The maximum absolute atomic E-state index is 12.1. The number of carbonyl (C=O) groups excluding carboxylic acids is 2. The Morgan fingerprint density at radius 1 is 1.30 bits per heavy atom. The Morgan fingerprint density at radius 3 is 2.75 bits per heavy atom. The number of halogens is 1. The molecular formula is C14H12ClN3O2. The Labute approximate surface area is 120 Å². The average molecular weight is 290 g/mol. The molecule has 1 aromatic heterocycles. The molecule has 0 saturated heterocycles. The molecule has 0 saturated carbocycles. The molecule has 0 atom stereocenters. The van der Waals surface area contributed by atoms with Crippen LogP contribution in [0, 0.1) is 0 Å². The number of ketones is 1. The van der Waals surface area contributed by atoms with Crippen molar-refractivity contribution in [3.63, 3.8) is 0 Å². The molecule has 20 heavy (non-hydrogen) atoms. The number of carbonyl (C=O) groups is 2. The Bertz CT molecular complexity index is 686. The van der Waals surface area contributed by atoms with E-state index in [1.165, 1.54) is 19.2 Å². The Morgan fingerprint density at radius 2 is 2.05 bits per heavy atom. The van der Waals surface area contributed by atoms with Crippen molar-refractivity contribution in [2.75, 3.05) is 11.1 Å². The van der Waals surface area contributed by atoms with E-state index in [2.05, 4.69) is 10.3 Å². The predicted molar refractivity (Wildman–Crippen MR) is 78.1 cm³/mol. The van der Waals surface area contributed by atoms with E-state index < -0.39 is 5.91 Å². The summed E-state index contributed by atoms with van der Waals surface area (Å²) in [6, 6.07) is 8.07. The van der Waals surface area contributed by atoms with Gasteiger partial charge in [0.2, 0.25) is 0 Å². The zero-order valence-electron chi connectivity index (χ0n) is 10.7. The second kappa shape index (κ2) is 5.71. The zero-order valence-corrected chi connectivity index (χ0v) is 11.4. The van der Waals surface area contributed by atoms with E-state index in [-0.39, 0.29) is 16.5 Å². The van der Waals surface area contributed by atoms with Crippen LogP contribution in [0.3, 0.4) is 0 Å². The van der Waals surface area contributed by atoms with Crippen molar-refractivity contribution in [1.29, 1.82) is 0 Å². The zero-order chi connectivity index (χ0) is 14.7. The summed E-state index contributed by atoms with van der Waals surface area (Å²) in [6.45, 7) is 1.46. The van der Waals surface area contributed by atoms with Gasteiger partial charge in [0.05, 0.1) is 17.4 Å². The average Bonchev–Trinajstić information content (AvgIpc) is 2.41. The molecule has 3 N–H and O–H groups in total. The van der Waals surface area contributed by atoms with E-state index in [1.807, 2.05) is 0 Å². The first kappa shape index (κ1) is 14.0. The summed E-state index contributed by atoms with van der Waals surface area (Å²) in [6.07, 6.45) is 1.37. The molecule has 0 aliphatic rings. The monoisotopic (exact) mass is 289 g/mol. The van der Waals surface area contributed by atoms with Gasteiger partial charge in [0.1, 0.15) is 5.15 Å². The molecule has 0 aliphatic heterocycles. The van der Waals surface area contributed by atoms with Gasteiger partial charge < -0.3 is 11.1 Å². The molecule has 0 spiro atoms. The van der Waals surface area contributed by atoms with Gasteiger partial charge in [-0.2, -0.15) is 0 Å². The Hall–Kier alpha value is -2.40. The number of nitrogens with zero attached hydrogens (tertiary/aromatic N) is 1. The van der Waals surface area contributed by atoms with Gasteiger partial charge >= 0.3 is 0 Å². The van der Waals surface area contributed by atoms with Gasteiger partial charge in [-0.3, -0.25) is 9.59 Å². The van der Waals surface area contributed by atoms with E-state index in [1.54, 1.807) is 24.3 Å². The summed E-state index contributed by atoms with van der Waals surface area (Å²) < 4.78 is 0. The maximum atomic E-state index is 12.1. The van der Waals surface area contributed by atoms with Gasteiger partial charge in [-0.25, -0.2) is 4.98 Å². The highest BCUT2D eigenvalue weighted by Gasteiger charge is 2.12. The summed E-state index contributed by atoms with van der Waals surface area (Å²) in [7, 11) is 0. The van der Waals surface area contributed by atoms with E-state index in [0.29, 0.717) is 16.9 Å². The number of Topliss-reactive ketones (excluding diaryl/α,β-unsaturated/α-hetero) is 1. The molecular weight excluding hydrogens is 278 g/mol. The SMILES string of the molecule is CC(=O)c1cccc(NC(=O)c2cc(N)cnc2Cl)c1. The minimum atomic E-state index is -0.435. The highest BCUT2D eigenvalue weighted by molar-refractivity contribution is 6.33. The van der Waals surface area contributed by atoms with E-state index in [0.717, 1.165) is 0 Å². The van der Waals surface area contributed by atoms with E-state index in [9.17, 15) is 9.59 Å². The van der Waals surface area contributed by atoms with Gasteiger partial charge in [-0.1, -0.05) is 23.7 Å². The van der Waals surface area contributed by atoms with Crippen LogP contribution < -0.4 is 11.1 Å². The normalized spacial score (nSPS) is 10.1. The van der Waals surface area contributed by atoms with Crippen molar-refractivity contribution < 1.29 is 9.59 Å². The first-order valence-corrected chi connectivity index (χ1v) is 6.18. The molecule has 0 aliphatic carbocycles. The van der Waals surface area contributed by atoms with Gasteiger partial charge in [0.15, 0.2) is 5.78 Å². The van der Waals surface area contributed by atoms with Crippen molar-refractivity contribution in [2.24, 2.45) is 0 Å². The largest absolute Gasteiger partial charge is 0.397 e. The van der Waals surface area contributed by atoms with Crippen molar-refractivity contribution in [2.45, 2.75) is 6.92 Å². The summed E-state index contributed by atoms with van der Waals surface area (Å²) >= 11 is 5.86. The fourth-order valence-corrected chi connectivity index (χ4v) is 1.83. The summed E-state index contributed by atoms with van der Waals surface area (Å²) in [5, 5.41) is 2.72. The van der Waals surface area contributed by atoms with Crippen LogP contribution in [0.1, 0.15) is 27.6 Å². The number of aromatic nitrogens is 1. The Balaban J connectivity index is 2.25. The Kier molecular flexibility index (Phi) is 4.00. The number of hydrogen-bond donors (Lipinski definition) is 2. The number of nitrogens with two attached hydrogens (primary N) is 1.